The van der Waals surface area contributed by atoms with Crippen molar-refractivity contribution in [1.29, 1.82) is 0 Å². The number of amides is 1. The van der Waals surface area contributed by atoms with Crippen LogP contribution in [0.25, 0.3) is 0 Å². The van der Waals surface area contributed by atoms with Crippen LogP contribution in [0.2, 0.25) is 0 Å². The van der Waals surface area contributed by atoms with Crippen LogP contribution in [0.1, 0.15) is 46.0 Å². The predicted molar refractivity (Wildman–Crippen MR) is 75.3 cm³/mol. The predicted octanol–water partition coefficient (Wildman–Crippen LogP) is 1.35. The Hall–Kier alpha value is -0.610. The van der Waals surface area contributed by atoms with Gasteiger partial charge in [-0.15, -0.1) is 0 Å². The van der Waals surface area contributed by atoms with E-state index in [2.05, 4.69) is 24.1 Å². The van der Waals surface area contributed by atoms with Gasteiger partial charge in [0.05, 0.1) is 0 Å². The molecule has 0 saturated heterocycles. The van der Waals surface area contributed by atoms with E-state index >= 15 is 0 Å². The molecule has 1 unspecified atom stereocenters. The molecular formula is C14H29N3O. The minimum atomic E-state index is -0.218. The highest BCUT2D eigenvalue weighted by Crippen LogP contribution is 2.31. The van der Waals surface area contributed by atoms with Gasteiger partial charge in [-0.25, -0.2) is 0 Å². The fourth-order valence-corrected chi connectivity index (χ4v) is 2.60. The molecule has 0 heterocycles. The van der Waals surface area contributed by atoms with Crippen molar-refractivity contribution >= 4 is 5.91 Å². The Morgan fingerprint density at radius 2 is 2.00 bits per heavy atom. The molecule has 1 saturated carbocycles. The zero-order valence-corrected chi connectivity index (χ0v) is 12.3. The summed E-state index contributed by atoms with van der Waals surface area (Å²) in [5.74, 6) is 0.704. The molecule has 1 fully saturated rings. The number of hydrogen-bond donors (Lipinski definition) is 2. The number of hydrogen-bond acceptors (Lipinski definition) is 3. The van der Waals surface area contributed by atoms with Crippen LogP contribution in [0.5, 0.6) is 0 Å². The minimum Gasteiger partial charge on any atom is -0.352 e. The molecule has 0 aliphatic heterocycles. The van der Waals surface area contributed by atoms with Crippen LogP contribution in [-0.2, 0) is 4.79 Å². The van der Waals surface area contributed by atoms with Crippen LogP contribution < -0.4 is 11.1 Å². The molecule has 0 bridgehead atoms. The molecule has 4 nitrogen and oxygen atoms in total. The van der Waals surface area contributed by atoms with Crippen LogP contribution in [0.4, 0.5) is 0 Å². The van der Waals surface area contributed by atoms with Crippen molar-refractivity contribution in [3.63, 3.8) is 0 Å². The number of nitrogens with two attached hydrogens (primary N) is 1. The van der Waals surface area contributed by atoms with E-state index in [4.69, 9.17) is 5.73 Å². The lowest BCUT2D eigenvalue weighted by Gasteiger charge is -2.38. The molecule has 0 aromatic carbocycles. The van der Waals surface area contributed by atoms with Crippen molar-refractivity contribution in [2.45, 2.75) is 57.5 Å². The maximum Gasteiger partial charge on any atom is 0.222 e. The second-order valence-electron chi connectivity index (χ2n) is 6.55. The SMILES string of the molecule is CC(C)CC(CN(C)C)NC(=O)CC1(N)CCC1. The first kappa shape index (κ1) is 15.4. The standard InChI is InChI=1S/C14H29N3O/c1-11(2)8-12(10-17(3)4)16-13(18)9-14(15)6-5-7-14/h11-12H,5-10,15H2,1-4H3,(H,16,18). The Kier molecular flexibility index (Phi) is 5.60. The Labute approximate surface area is 111 Å². The zero-order chi connectivity index (χ0) is 13.8. The van der Waals surface area contributed by atoms with Crippen molar-refractivity contribution < 1.29 is 4.79 Å². The average molecular weight is 255 g/mol. The molecule has 0 radical (unpaired) electrons. The fraction of sp³-hybridized carbons (Fsp3) is 0.929. The summed E-state index contributed by atoms with van der Waals surface area (Å²) in [5.41, 5.74) is 5.89. The average Bonchev–Trinajstić information content (AvgIpc) is 2.12. The van der Waals surface area contributed by atoms with Gasteiger partial charge in [-0.2, -0.15) is 0 Å². The van der Waals surface area contributed by atoms with Gasteiger partial charge in [0.1, 0.15) is 0 Å². The first-order valence-corrected chi connectivity index (χ1v) is 7.04. The summed E-state index contributed by atoms with van der Waals surface area (Å²) in [6, 6.07) is 0.233. The lowest BCUT2D eigenvalue weighted by atomic mass is 9.75. The highest BCUT2D eigenvalue weighted by molar-refractivity contribution is 5.77. The van der Waals surface area contributed by atoms with E-state index < -0.39 is 0 Å². The Morgan fingerprint density at radius 1 is 1.39 bits per heavy atom. The van der Waals surface area contributed by atoms with Crippen LogP contribution in [0, 0.1) is 5.92 Å². The van der Waals surface area contributed by atoms with Gasteiger partial charge >= 0.3 is 0 Å². The summed E-state index contributed by atoms with van der Waals surface area (Å²) in [6.07, 6.45) is 4.64. The fourth-order valence-electron chi connectivity index (χ4n) is 2.60. The first-order chi connectivity index (χ1) is 8.31. The monoisotopic (exact) mass is 255 g/mol. The van der Waals surface area contributed by atoms with E-state index in [0.717, 1.165) is 32.2 Å². The maximum absolute atomic E-state index is 12.0. The van der Waals surface area contributed by atoms with E-state index in [1.807, 2.05) is 14.1 Å². The van der Waals surface area contributed by atoms with Gasteiger partial charge in [0, 0.05) is 24.5 Å². The molecule has 0 aromatic heterocycles. The summed E-state index contributed by atoms with van der Waals surface area (Å²) in [6.45, 7) is 5.26. The molecule has 1 aliphatic carbocycles. The molecule has 3 N–H and O–H groups in total. The molecule has 106 valence electrons. The topological polar surface area (TPSA) is 58.4 Å². The van der Waals surface area contributed by atoms with E-state index in [1.165, 1.54) is 0 Å². The first-order valence-electron chi connectivity index (χ1n) is 7.04. The summed E-state index contributed by atoms with van der Waals surface area (Å²) >= 11 is 0. The molecule has 4 heteroatoms. The maximum atomic E-state index is 12.0. The number of nitrogens with zero attached hydrogens (tertiary/aromatic N) is 1. The van der Waals surface area contributed by atoms with Gasteiger partial charge in [0.2, 0.25) is 5.91 Å². The van der Waals surface area contributed by atoms with Gasteiger partial charge in [0.25, 0.3) is 0 Å². The van der Waals surface area contributed by atoms with Gasteiger partial charge in [-0.05, 0) is 45.7 Å². The van der Waals surface area contributed by atoms with Crippen molar-refractivity contribution in [3.05, 3.63) is 0 Å². The largest absolute Gasteiger partial charge is 0.352 e. The molecule has 1 atom stereocenters. The van der Waals surface area contributed by atoms with E-state index in [0.29, 0.717) is 12.3 Å². The van der Waals surface area contributed by atoms with E-state index in [-0.39, 0.29) is 17.5 Å². The van der Waals surface area contributed by atoms with Crippen LogP contribution in [-0.4, -0.2) is 43.0 Å². The van der Waals surface area contributed by atoms with Crippen LogP contribution in [0.3, 0.4) is 0 Å². The van der Waals surface area contributed by atoms with Crippen molar-refractivity contribution in [2.24, 2.45) is 11.7 Å². The minimum absolute atomic E-state index is 0.115. The van der Waals surface area contributed by atoms with E-state index in [1.54, 1.807) is 0 Å². The third kappa shape index (κ3) is 5.36. The van der Waals surface area contributed by atoms with Gasteiger partial charge < -0.3 is 16.0 Å². The number of carbonyl (C=O) groups excluding carboxylic acids is 1. The summed E-state index contributed by atoms with van der Waals surface area (Å²) in [4.78, 5) is 14.1. The smallest absolute Gasteiger partial charge is 0.222 e. The third-order valence-corrected chi connectivity index (χ3v) is 3.57. The van der Waals surface area contributed by atoms with Crippen molar-refractivity contribution in [3.8, 4) is 0 Å². The lowest BCUT2D eigenvalue weighted by Crippen LogP contribution is -2.52. The van der Waals surface area contributed by atoms with Gasteiger partial charge in [-0.1, -0.05) is 13.8 Å². The Bertz CT molecular complexity index is 262. The number of carbonyl (C=O) groups is 1. The Morgan fingerprint density at radius 3 is 2.39 bits per heavy atom. The van der Waals surface area contributed by atoms with Gasteiger partial charge in [-0.3, -0.25) is 4.79 Å². The number of likely N-dealkylation sites (N-methyl/N-ethyl adjacent to an activating group) is 1. The Balaban J connectivity index is 2.40. The highest BCUT2D eigenvalue weighted by atomic mass is 16.1. The lowest BCUT2D eigenvalue weighted by molar-refractivity contribution is -0.123. The van der Waals surface area contributed by atoms with Gasteiger partial charge in [0.15, 0.2) is 0 Å². The van der Waals surface area contributed by atoms with Crippen molar-refractivity contribution in [2.75, 3.05) is 20.6 Å². The second-order valence-corrected chi connectivity index (χ2v) is 6.55. The zero-order valence-electron chi connectivity index (χ0n) is 12.3. The summed E-state index contributed by atoms with van der Waals surface area (Å²) in [5, 5.41) is 3.14. The molecule has 0 spiro atoms. The summed E-state index contributed by atoms with van der Waals surface area (Å²) < 4.78 is 0. The highest BCUT2D eigenvalue weighted by Gasteiger charge is 2.35. The molecule has 1 rings (SSSR count). The quantitative estimate of drug-likeness (QED) is 0.722. The molecule has 0 aromatic rings. The summed E-state index contributed by atoms with van der Waals surface area (Å²) in [7, 11) is 4.08. The second kappa shape index (κ2) is 6.53. The number of nitrogens with one attached hydrogen (secondary N) is 1. The molecule has 1 aliphatic rings. The molecular weight excluding hydrogens is 226 g/mol. The molecule has 18 heavy (non-hydrogen) atoms. The van der Waals surface area contributed by atoms with Crippen LogP contribution in [0.15, 0.2) is 0 Å². The normalized spacial score (nSPS) is 19.7. The van der Waals surface area contributed by atoms with E-state index in [9.17, 15) is 4.79 Å². The third-order valence-electron chi connectivity index (χ3n) is 3.57. The van der Waals surface area contributed by atoms with Crippen molar-refractivity contribution in [1.82, 2.24) is 10.2 Å². The molecule has 1 amide bonds. The van der Waals surface area contributed by atoms with Crippen LogP contribution >= 0.6 is 0 Å². The number of rotatable bonds is 7.